The fourth-order valence-electron chi connectivity index (χ4n) is 4.65. The van der Waals surface area contributed by atoms with Crippen LogP contribution in [0, 0.1) is 6.92 Å². The monoisotopic (exact) mass is 500 g/mol. The van der Waals surface area contributed by atoms with Crippen molar-refractivity contribution in [2.75, 3.05) is 13.6 Å². The van der Waals surface area contributed by atoms with Crippen molar-refractivity contribution in [3.8, 4) is 0 Å². The van der Waals surface area contributed by atoms with E-state index in [1.807, 2.05) is 41.9 Å². The molecule has 10 heteroatoms. The summed E-state index contributed by atoms with van der Waals surface area (Å²) < 4.78 is 35.4. The van der Waals surface area contributed by atoms with Gasteiger partial charge in [0.05, 0.1) is 15.3 Å². The van der Waals surface area contributed by atoms with E-state index in [1.165, 1.54) is 6.07 Å². The van der Waals surface area contributed by atoms with Gasteiger partial charge < -0.3 is 14.5 Å². The molecule has 8 nitrogen and oxygen atoms in total. The highest BCUT2D eigenvalue weighted by atomic mass is 32.2. The molecule has 3 aromatic rings. The quantitative estimate of drug-likeness (QED) is 0.380. The molecule has 180 valence electrons. The van der Waals surface area contributed by atoms with Crippen LogP contribution in [0.4, 0.5) is 0 Å². The van der Waals surface area contributed by atoms with Crippen molar-refractivity contribution in [3.63, 3.8) is 0 Å². The molecule has 1 aromatic carbocycles. The molecule has 2 aromatic heterocycles. The maximum atomic E-state index is 12.8. The zero-order valence-electron chi connectivity index (χ0n) is 19.2. The molecule has 34 heavy (non-hydrogen) atoms. The number of aromatic nitrogens is 2. The van der Waals surface area contributed by atoms with Crippen LogP contribution in [0.15, 0.2) is 59.9 Å². The summed E-state index contributed by atoms with van der Waals surface area (Å²) >= 11 is 5.76. The van der Waals surface area contributed by atoms with Crippen LogP contribution in [0.1, 0.15) is 36.8 Å². The minimum absolute atomic E-state index is 0.109. The third-order valence-electron chi connectivity index (χ3n) is 6.35. The zero-order chi connectivity index (χ0) is 24.3. The van der Waals surface area contributed by atoms with Gasteiger partial charge in [-0.2, -0.15) is 4.72 Å². The van der Waals surface area contributed by atoms with Gasteiger partial charge in [-0.3, -0.25) is 4.79 Å². The number of imidazole rings is 1. The second-order valence-electron chi connectivity index (χ2n) is 8.53. The van der Waals surface area contributed by atoms with Crippen molar-refractivity contribution >= 4 is 38.8 Å². The predicted molar refractivity (Wildman–Crippen MR) is 133 cm³/mol. The number of likely N-dealkylation sites (N-methyl/N-ethyl adjacent to an activating group) is 1. The van der Waals surface area contributed by atoms with Gasteiger partial charge in [0.2, 0.25) is 10.0 Å². The van der Waals surface area contributed by atoms with E-state index in [9.17, 15) is 13.2 Å². The summed E-state index contributed by atoms with van der Waals surface area (Å²) in [5.74, 6) is -0.643. The molecule has 2 heterocycles. The maximum Gasteiger partial charge on any atom is 0.321 e. The molecule has 2 N–H and O–H groups in total. The molecule has 2 atom stereocenters. The van der Waals surface area contributed by atoms with Gasteiger partial charge in [0.25, 0.3) is 0 Å². The molecule has 0 amide bonds. The lowest BCUT2D eigenvalue weighted by atomic mass is 9.67. The van der Waals surface area contributed by atoms with Gasteiger partial charge in [0.1, 0.15) is 18.3 Å². The van der Waals surface area contributed by atoms with Gasteiger partial charge in [0.15, 0.2) is 0 Å². The summed E-state index contributed by atoms with van der Waals surface area (Å²) in [6.07, 6.45) is 8.17. The normalized spacial score (nSPS) is 20.7. The number of thiocarbonyl (C=S) groups is 1. The van der Waals surface area contributed by atoms with Gasteiger partial charge in [-0.1, -0.05) is 36.8 Å². The van der Waals surface area contributed by atoms with Gasteiger partial charge in [-0.25, -0.2) is 13.4 Å². The molecule has 0 aliphatic heterocycles. The van der Waals surface area contributed by atoms with Crippen molar-refractivity contribution in [2.45, 2.75) is 49.0 Å². The number of fused-ring (bicyclic) bond motifs is 1. The fourth-order valence-corrected chi connectivity index (χ4v) is 6.07. The molecule has 1 saturated carbocycles. The SMILES string of the molecule is CNC(=S)C1(c2ccc3nccn3c2)CCCCC1OC(=O)CNS(=O)(=O)c1cccc(C)c1. The van der Waals surface area contributed by atoms with Crippen molar-refractivity contribution in [1.29, 1.82) is 0 Å². The summed E-state index contributed by atoms with van der Waals surface area (Å²) in [5.41, 5.74) is 1.83. The lowest BCUT2D eigenvalue weighted by Crippen LogP contribution is -2.54. The van der Waals surface area contributed by atoms with Gasteiger partial charge in [-0.05, 0) is 55.5 Å². The summed E-state index contributed by atoms with van der Waals surface area (Å²) in [4.78, 5) is 17.8. The third kappa shape index (κ3) is 4.70. The van der Waals surface area contributed by atoms with Crippen molar-refractivity contribution in [2.24, 2.45) is 0 Å². The Balaban J connectivity index is 1.57. The number of carbonyl (C=O) groups is 1. The molecule has 0 radical (unpaired) electrons. The van der Waals surface area contributed by atoms with E-state index in [0.717, 1.165) is 29.6 Å². The molecule has 0 bridgehead atoms. The smallest absolute Gasteiger partial charge is 0.321 e. The number of benzene rings is 1. The van der Waals surface area contributed by atoms with E-state index in [-0.39, 0.29) is 4.90 Å². The molecular weight excluding hydrogens is 472 g/mol. The number of nitrogens with zero attached hydrogens (tertiary/aromatic N) is 2. The van der Waals surface area contributed by atoms with Crippen LogP contribution in [0.2, 0.25) is 0 Å². The van der Waals surface area contributed by atoms with Crippen molar-refractivity contribution in [1.82, 2.24) is 19.4 Å². The Morgan fingerprint density at radius 1 is 1.29 bits per heavy atom. The number of pyridine rings is 1. The highest BCUT2D eigenvalue weighted by Gasteiger charge is 2.48. The van der Waals surface area contributed by atoms with Crippen LogP contribution in [-0.2, 0) is 25.0 Å². The van der Waals surface area contributed by atoms with Gasteiger partial charge >= 0.3 is 5.97 Å². The molecule has 4 rings (SSSR count). The van der Waals surface area contributed by atoms with Crippen molar-refractivity contribution < 1.29 is 17.9 Å². The molecular formula is C24H28N4O4S2. The molecule has 1 fully saturated rings. The van der Waals surface area contributed by atoms with Gasteiger partial charge in [-0.15, -0.1) is 0 Å². The van der Waals surface area contributed by atoms with E-state index < -0.39 is 34.1 Å². The number of sulfonamides is 1. The number of aryl methyl sites for hydroxylation is 1. The summed E-state index contributed by atoms with van der Waals surface area (Å²) in [5, 5.41) is 3.11. The number of carbonyl (C=O) groups excluding carboxylic acids is 1. The standard InChI is InChI=1S/C24H28N4O4S2/c1-17-6-5-7-19(14-17)34(30,31)27-15-22(29)32-20-8-3-4-11-24(20,23(33)25-2)18-9-10-21-26-12-13-28(21)16-18/h5-7,9-10,12-14,16,20,27H,3-4,8,11,15H2,1-2H3,(H,25,33). The first-order valence-electron chi connectivity index (χ1n) is 11.2. The van der Waals surface area contributed by atoms with Crippen LogP contribution < -0.4 is 10.0 Å². The maximum absolute atomic E-state index is 12.8. The molecule has 1 aliphatic rings. The summed E-state index contributed by atoms with van der Waals surface area (Å²) in [6, 6.07) is 10.4. The lowest BCUT2D eigenvalue weighted by Gasteiger charge is -2.44. The zero-order valence-corrected chi connectivity index (χ0v) is 20.8. The summed E-state index contributed by atoms with van der Waals surface area (Å²) in [7, 11) is -2.07. The van der Waals surface area contributed by atoms with E-state index in [2.05, 4.69) is 15.0 Å². The Morgan fingerprint density at radius 2 is 2.12 bits per heavy atom. The van der Waals surface area contributed by atoms with E-state index >= 15 is 0 Å². The Kier molecular flexibility index (Phi) is 7.01. The number of hydrogen-bond acceptors (Lipinski definition) is 6. The molecule has 1 aliphatic carbocycles. The van der Waals surface area contributed by atoms with Crippen LogP contribution in [0.3, 0.4) is 0 Å². The van der Waals surface area contributed by atoms with Crippen LogP contribution in [0.5, 0.6) is 0 Å². The lowest BCUT2D eigenvalue weighted by molar-refractivity contribution is -0.151. The Hall–Kier alpha value is -2.82. The van der Waals surface area contributed by atoms with Crippen LogP contribution >= 0.6 is 12.2 Å². The highest BCUT2D eigenvalue weighted by Crippen LogP contribution is 2.42. The number of ether oxygens (including phenoxy) is 1. The average molecular weight is 501 g/mol. The Morgan fingerprint density at radius 3 is 2.88 bits per heavy atom. The Labute approximate surface area is 204 Å². The second-order valence-corrected chi connectivity index (χ2v) is 10.7. The number of nitrogens with one attached hydrogen (secondary N) is 2. The van der Waals surface area contributed by atoms with Crippen molar-refractivity contribution in [3.05, 3.63) is 66.1 Å². The topological polar surface area (TPSA) is 102 Å². The van der Waals surface area contributed by atoms with Crippen LogP contribution in [-0.4, -0.2) is 48.5 Å². The third-order valence-corrected chi connectivity index (χ3v) is 8.32. The minimum Gasteiger partial charge on any atom is -0.460 e. The predicted octanol–water partition coefficient (Wildman–Crippen LogP) is 2.89. The first kappa shape index (κ1) is 24.3. The van der Waals surface area contributed by atoms with E-state index in [4.69, 9.17) is 17.0 Å². The second kappa shape index (κ2) is 9.81. The van der Waals surface area contributed by atoms with E-state index in [1.54, 1.807) is 25.4 Å². The largest absolute Gasteiger partial charge is 0.460 e. The summed E-state index contributed by atoms with van der Waals surface area (Å²) in [6.45, 7) is 1.34. The highest BCUT2D eigenvalue weighted by molar-refractivity contribution is 7.89. The molecule has 0 spiro atoms. The fraction of sp³-hybridized carbons (Fsp3) is 0.375. The Bertz CT molecular complexity index is 1320. The first-order valence-corrected chi connectivity index (χ1v) is 13.1. The van der Waals surface area contributed by atoms with Gasteiger partial charge in [0, 0.05) is 25.6 Å². The van der Waals surface area contributed by atoms with Crippen LogP contribution in [0.25, 0.3) is 5.65 Å². The molecule has 2 unspecified atom stereocenters. The van der Waals surface area contributed by atoms with E-state index in [0.29, 0.717) is 17.8 Å². The molecule has 0 saturated heterocycles. The number of esters is 1. The number of rotatable bonds is 7. The average Bonchev–Trinajstić information content (AvgIpc) is 3.31. The minimum atomic E-state index is -3.84. The number of hydrogen-bond donors (Lipinski definition) is 2. The first-order chi connectivity index (χ1) is 16.3.